The summed E-state index contributed by atoms with van der Waals surface area (Å²) in [6, 6.07) is 3.47. The predicted molar refractivity (Wildman–Crippen MR) is 71.2 cm³/mol. The van der Waals surface area contributed by atoms with E-state index in [-0.39, 0.29) is 5.75 Å². The lowest BCUT2D eigenvalue weighted by molar-refractivity contribution is -0.145. The van der Waals surface area contributed by atoms with Gasteiger partial charge in [-0.25, -0.2) is 8.42 Å². The summed E-state index contributed by atoms with van der Waals surface area (Å²) in [5.74, 6) is -1.31. The molecule has 0 unspecified atom stereocenters. The lowest BCUT2D eigenvalue weighted by atomic mass is 10.1. The Morgan fingerprint density at radius 3 is 2.37 bits per heavy atom. The van der Waals surface area contributed by atoms with E-state index in [1.54, 1.807) is 24.5 Å². The van der Waals surface area contributed by atoms with Crippen LogP contribution in [0.15, 0.2) is 24.5 Å². The Bertz CT molecular complexity index is 540. The second-order valence-corrected chi connectivity index (χ2v) is 6.87. The second-order valence-electron chi connectivity index (χ2n) is 4.75. The van der Waals surface area contributed by atoms with Gasteiger partial charge in [0.2, 0.25) is 10.0 Å². The van der Waals surface area contributed by atoms with Crippen LogP contribution in [0.2, 0.25) is 0 Å². The summed E-state index contributed by atoms with van der Waals surface area (Å²) in [5.41, 5.74) is -0.614. The highest BCUT2D eigenvalue weighted by atomic mass is 32.2. The summed E-state index contributed by atoms with van der Waals surface area (Å²) in [5, 5.41) is 9.05. The number of carbonyl (C=O) groups is 1. The molecule has 1 rings (SSSR count). The number of carboxylic acids is 1. The van der Waals surface area contributed by atoms with Crippen LogP contribution in [0.3, 0.4) is 0 Å². The van der Waals surface area contributed by atoms with Crippen LogP contribution < -0.4 is 0 Å². The number of aryl methyl sites for hydroxylation is 1. The highest BCUT2D eigenvalue weighted by molar-refractivity contribution is 7.89. The molecule has 106 valence electrons. The Morgan fingerprint density at radius 2 is 1.89 bits per heavy atom. The number of nitrogens with zero attached hydrogens (tertiary/aromatic N) is 2. The molecule has 0 bridgehead atoms. The zero-order chi connectivity index (χ0) is 14.7. The lowest BCUT2D eigenvalue weighted by Crippen LogP contribution is -2.51. The van der Waals surface area contributed by atoms with Crippen molar-refractivity contribution in [1.82, 2.24) is 9.29 Å². The molecule has 0 amide bonds. The van der Waals surface area contributed by atoms with Crippen LogP contribution in [0.1, 0.15) is 19.4 Å². The zero-order valence-electron chi connectivity index (χ0n) is 11.2. The fraction of sp³-hybridized carbons (Fsp3) is 0.500. The first-order valence-corrected chi connectivity index (χ1v) is 7.38. The number of aromatic nitrogens is 1. The van der Waals surface area contributed by atoms with E-state index in [2.05, 4.69) is 4.98 Å². The monoisotopic (exact) mass is 286 g/mol. The first-order valence-electron chi connectivity index (χ1n) is 5.77. The van der Waals surface area contributed by atoms with Gasteiger partial charge in [-0.2, -0.15) is 4.31 Å². The summed E-state index contributed by atoms with van der Waals surface area (Å²) in [6.45, 7) is 2.72. The molecular weight excluding hydrogens is 268 g/mol. The van der Waals surface area contributed by atoms with E-state index in [0.717, 1.165) is 9.87 Å². The molecule has 1 aromatic rings. The normalized spacial score (nSPS) is 12.6. The standard InChI is InChI=1S/C12H18N2O4S/c1-12(2,11(15)16)14(3)19(17,18)9-6-10-4-7-13-8-5-10/h4-5,7-8H,6,9H2,1-3H3,(H,15,16). The predicted octanol–water partition coefficient (Wildman–Crippen LogP) is 0.749. The Labute approximate surface area is 113 Å². The highest BCUT2D eigenvalue weighted by Crippen LogP contribution is 2.18. The molecule has 0 atom stereocenters. The smallest absolute Gasteiger partial charge is 0.324 e. The van der Waals surface area contributed by atoms with Crippen molar-refractivity contribution < 1.29 is 18.3 Å². The van der Waals surface area contributed by atoms with Gasteiger partial charge in [0.1, 0.15) is 5.54 Å². The Hall–Kier alpha value is -1.47. The van der Waals surface area contributed by atoms with Gasteiger partial charge in [0.15, 0.2) is 0 Å². The Kier molecular flexibility index (Phi) is 4.65. The van der Waals surface area contributed by atoms with Gasteiger partial charge in [-0.15, -0.1) is 0 Å². The van der Waals surface area contributed by atoms with Crippen LogP contribution in [0.4, 0.5) is 0 Å². The van der Waals surface area contributed by atoms with Crippen molar-refractivity contribution >= 4 is 16.0 Å². The van der Waals surface area contributed by atoms with Crippen LogP contribution in [-0.4, -0.2) is 47.1 Å². The fourth-order valence-electron chi connectivity index (χ4n) is 1.42. The lowest BCUT2D eigenvalue weighted by Gasteiger charge is -2.30. The molecule has 0 aliphatic heterocycles. The maximum atomic E-state index is 12.1. The van der Waals surface area contributed by atoms with Crippen molar-refractivity contribution in [2.45, 2.75) is 25.8 Å². The molecule has 1 N–H and O–H groups in total. The summed E-state index contributed by atoms with van der Waals surface area (Å²) >= 11 is 0. The quantitative estimate of drug-likeness (QED) is 0.833. The minimum Gasteiger partial charge on any atom is -0.480 e. The van der Waals surface area contributed by atoms with E-state index < -0.39 is 21.5 Å². The largest absolute Gasteiger partial charge is 0.480 e. The topological polar surface area (TPSA) is 87.6 Å². The third kappa shape index (κ3) is 3.74. The number of hydrogen-bond donors (Lipinski definition) is 1. The Morgan fingerprint density at radius 1 is 1.37 bits per heavy atom. The molecule has 1 aromatic heterocycles. The molecule has 0 aliphatic carbocycles. The van der Waals surface area contributed by atoms with Crippen molar-refractivity contribution in [3.05, 3.63) is 30.1 Å². The summed E-state index contributed by atoms with van der Waals surface area (Å²) in [4.78, 5) is 14.9. The van der Waals surface area contributed by atoms with Crippen LogP contribution >= 0.6 is 0 Å². The molecule has 1 heterocycles. The van der Waals surface area contributed by atoms with E-state index in [1.165, 1.54) is 20.9 Å². The van der Waals surface area contributed by atoms with Crippen LogP contribution in [0.25, 0.3) is 0 Å². The molecule has 0 radical (unpaired) electrons. The number of hydrogen-bond acceptors (Lipinski definition) is 4. The van der Waals surface area contributed by atoms with Gasteiger partial charge in [0.05, 0.1) is 5.75 Å². The van der Waals surface area contributed by atoms with Crippen molar-refractivity contribution in [2.75, 3.05) is 12.8 Å². The van der Waals surface area contributed by atoms with E-state index >= 15 is 0 Å². The number of aliphatic carboxylic acids is 1. The summed E-state index contributed by atoms with van der Waals surface area (Å²) in [6.07, 6.45) is 3.50. The first kappa shape index (κ1) is 15.6. The van der Waals surface area contributed by atoms with Crippen molar-refractivity contribution in [2.24, 2.45) is 0 Å². The van der Waals surface area contributed by atoms with E-state index in [0.29, 0.717) is 6.42 Å². The number of sulfonamides is 1. The average Bonchev–Trinajstić information content (AvgIpc) is 2.36. The number of pyridine rings is 1. The van der Waals surface area contributed by atoms with E-state index in [9.17, 15) is 13.2 Å². The van der Waals surface area contributed by atoms with Gasteiger partial charge in [-0.1, -0.05) is 0 Å². The third-order valence-corrected chi connectivity index (χ3v) is 5.14. The van der Waals surface area contributed by atoms with Gasteiger partial charge in [-0.3, -0.25) is 9.78 Å². The van der Waals surface area contributed by atoms with Crippen LogP contribution in [-0.2, 0) is 21.2 Å². The molecular formula is C12H18N2O4S. The zero-order valence-corrected chi connectivity index (χ0v) is 12.0. The molecule has 0 spiro atoms. The van der Waals surface area contributed by atoms with Gasteiger partial charge in [-0.05, 0) is 38.0 Å². The van der Waals surface area contributed by atoms with E-state index in [4.69, 9.17) is 5.11 Å². The first-order chi connectivity index (χ1) is 8.68. The van der Waals surface area contributed by atoms with Crippen molar-refractivity contribution in [1.29, 1.82) is 0 Å². The minimum atomic E-state index is -3.63. The molecule has 0 fully saturated rings. The van der Waals surface area contributed by atoms with Gasteiger partial charge in [0, 0.05) is 19.4 Å². The van der Waals surface area contributed by atoms with Crippen molar-refractivity contribution in [3.8, 4) is 0 Å². The summed E-state index contributed by atoms with van der Waals surface area (Å²) < 4.78 is 25.1. The highest BCUT2D eigenvalue weighted by Gasteiger charge is 2.38. The third-order valence-electron chi connectivity index (χ3n) is 3.13. The molecule has 0 saturated carbocycles. The molecule has 0 aliphatic rings. The van der Waals surface area contributed by atoms with Gasteiger partial charge >= 0.3 is 5.97 Å². The van der Waals surface area contributed by atoms with Crippen molar-refractivity contribution in [3.63, 3.8) is 0 Å². The second kappa shape index (κ2) is 5.66. The van der Waals surface area contributed by atoms with Gasteiger partial charge < -0.3 is 5.11 Å². The fourth-order valence-corrected chi connectivity index (χ4v) is 2.96. The Balaban J connectivity index is 2.79. The molecule has 0 aromatic carbocycles. The van der Waals surface area contributed by atoms with E-state index in [1.807, 2.05) is 0 Å². The minimum absolute atomic E-state index is 0.135. The van der Waals surface area contributed by atoms with Crippen LogP contribution in [0, 0.1) is 0 Å². The number of rotatable bonds is 6. The average molecular weight is 286 g/mol. The summed E-state index contributed by atoms with van der Waals surface area (Å²) in [7, 11) is -2.34. The molecule has 7 heteroatoms. The maximum absolute atomic E-state index is 12.1. The molecule has 6 nitrogen and oxygen atoms in total. The number of likely N-dealkylation sites (N-methyl/N-ethyl adjacent to an activating group) is 1. The SMILES string of the molecule is CN(C(C)(C)C(=O)O)S(=O)(=O)CCc1ccncc1. The number of carboxylic acid groups (broad SMARTS) is 1. The molecule has 0 saturated heterocycles. The molecule has 19 heavy (non-hydrogen) atoms. The maximum Gasteiger partial charge on any atom is 0.324 e. The van der Waals surface area contributed by atoms with Crippen LogP contribution in [0.5, 0.6) is 0 Å². The van der Waals surface area contributed by atoms with Gasteiger partial charge in [0.25, 0.3) is 0 Å².